The summed E-state index contributed by atoms with van der Waals surface area (Å²) in [6, 6.07) is 13.4. The number of carbonyl (C=O) groups excluding carboxylic acids is 1. The van der Waals surface area contributed by atoms with Gasteiger partial charge in [0.05, 0.1) is 35.4 Å². The zero-order valence-corrected chi connectivity index (χ0v) is 20.8. The maximum Gasteiger partial charge on any atom is 0.337 e. The van der Waals surface area contributed by atoms with Gasteiger partial charge in [-0.2, -0.15) is 0 Å². The first-order valence-electron chi connectivity index (χ1n) is 11.8. The van der Waals surface area contributed by atoms with Crippen LogP contribution in [0.3, 0.4) is 0 Å². The van der Waals surface area contributed by atoms with Crippen LogP contribution >= 0.6 is 11.6 Å². The lowest BCUT2D eigenvalue weighted by molar-refractivity contribution is 0.0696. The number of rotatable bonds is 10. The molecule has 1 unspecified atom stereocenters. The summed E-state index contributed by atoms with van der Waals surface area (Å²) in [5.41, 5.74) is 3.03. The first kappa shape index (κ1) is 26.2. The maximum absolute atomic E-state index is 13.8. The van der Waals surface area contributed by atoms with E-state index in [1.54, 1.807) is 36.5 Å². The zero-order chi connectivity index (χ0) is 26.5. The SMILES string of the molecule is CCCOc1ccc(-c2ccc(C(=O)O)c(Cl)c2)cc1C(=O)NC(CO)Cc1c[nH]c2ccc(F)cc12. The van der Waals surface area contributed by atoms with Crippen LogP contribution in [-0.2, 0) is 6.42 Å². The molecule has 9 heteroatoms. The van der Waals surface area contributed by atoms with Crippen molar-refractivity contribution in [1.82, 2.24) is 10.3 Å². The molecule has 0 radical (unpaired) electrons. The van der Waals surface area contributed by atoms with Crippen molar-refractivity contribution in [1.29, 1.82) is 0 Å². The molecular formula is C28H26ClFN2O5. The number of hydrogen-bond acceptors (Lipinski definition) is 4. The van der Waals surface area contributed by atoms with Crippen molar-refractivity contribution in [2.24, 2.45) is 0 Å². The van der Waals surface area contributed by atoms with Crippen molar-refractivity contribution in [3.63, 3.8) is 0 Å². The molecule has 1 aromatic heterocycles. The molecule has 0 saturated heterocycles. The second-order valence-corrected chi connectivity index (χ2v) is 9.03. The van der Waals surface area contributed by atoms with Gasteiger partial charge in [-0.15, -0.1) is 0 Å². The maximum atomic E-state index is 13.8. The van der Waals surface area contributed by atoms with Gasteiger partial charge in [0, 0.05) is 17.1 Å². The summed E-state index contributed by atoms with van der Waals surface area (Å²) in [5, 5.41) is 22.9. The number of ether oxygens (including phenoxy) is 1. The Kier molecular flexibility index (Phi) is 8.11. The first-order chi connectivity index (χ1) is 17.8. The highest BCUT2D eigenvalue weighted by molar-refractivity contribution is 6.33. The Labute approximate surface area is 217 Å². The Morgan fingerprint density at radius 1 is 1.08 bits per heavy atom. The van der Waals surface area contributed by atoms with Gasteiger partial charge in [0.1, 0.15) is 11.6 Å². The Morgan fingerprint density at radius 2 is 1.84 bits per heavy atom. The summed E-state index contributed by atoms with van der Waals surface area (Å²) in [4.78, 5) is 27.7. The molecular weight excluding hydrogens is 499 g/mol. The summed E-state index contributed by atoms with van der Waals surface area (Å²) in [6.07, 6.45) is 2.76. The second kappa shape index (κ2) is 11.5. The fraction of sp³-hybridized carbons (Fsp3) is 0.214. The van der Waals surface area contributed by atoms with Gasteiger partial charge in [0.15, 0.2) is 0 Å². The van der Waals surface area contributed by atoms with E-state index in [0.29, 0.717) is 28.9 Å². The number of halogens is 2. The molecule has 0 aliphatic carbocycles. The van der Waals surface area contributed by atoms with Gasteiger partial charge in [-0.1, -0.05) is 30.7 Å². The van der Waals surface area contributed by atoms with Crippen LogP contribution in [0, 0.1) is 5.82 Å². The Bertz CT molecular complexity index is 1450. The van der Waals surface area contributed by atoms with E-state index >= 15 is 0 Å². The van der Waals surface area contributed by atoms with Crippen molar-refractivity contribution in [2.75, 3.05) is 13.2 Å². The molecule has 0 saturated carbocycles. The van der Waals surface area contributed by atoms with Gasteiger partial charge in [-0.05, 0) is 72.0 Å². The quantitative estimate of drug-likeness (QED) is 0.220. The van der Waals surface area contributed by atoms with E-state index in [0.717, 1.165) is 17.5 Å². The predicted octanol–water partition coefficient (Wildman–Crippen LogP) is 5.45. The number of carbonyl (C=O) groups is 2. The number of aromatic carboxylic acids is 1. The number of aromatic amines is 1. The summed E-state index contributed by atoms with van der Waals surface area (Å²) in [6.45, 7) is 2.03. The predicted molar refractivity (Wildman–Crippen MR) is 140 cm³/mol. The van der Waals surface area contributed by atoms with E-state index < -0.39 is 17.9 Å². The standard InChI is InChI=1S/C28H26ClFN2O5/c1-2-9-37-26-8-4-16(17-3-6-21(28(35)36)24(29)12-17)11-23(26)27(34)32-20(15-33)10-18-14-31-25-7-5-19(30)13-22(18)25/h3-8,11-14,20,31,33H,2,9-10,15H2,1H3,(H,32,34)(H,35,36). The molecule has 3 aromatic carbocycles. The second-order valence-electron chi connectivity index (χ2n) is 8.62. The van der Waals surface area contributed by atoms with Crippen LogP contribution in [0.25, 0.3) is 22.0 Å². The van der Waals surface area contributed by atoms with Gasteiger partial charge >= 0.3 is 5.97 Å². The van der Waals surface area contributed by atoms with Crippen LogP contribution in [0.1, 0.15) is 39.6 Å². The summed E-state index contributed by atoms with van der Waals surface area (Å²) < 4.78 is 19.6. The fourth-order valence-corrected chi connectivity index (χ4v) is 4.36. The van der Waals surface area contributed by atoms with Crippen LogP contribution in [0.4, 0.5) is 4.39 Å². The monoisotopic (exact) mass is 524 g/mol. The summed E-state index contributed by atoms with van der Waals surface area (Å²) in [7, 11) is 0. The highest BCUT2D eigenvalue weighted by Crippen LogP contribution is 2.30. The molecule has 0 bridgehead atoms. The molecule has 4 N–H and O–H groups in total. The highest BCUT2D eigenvalue weighted by Gasteiger charge is 2.20. The van der Waals surface area contributed by atoms with Gasteiger partial charge in [0.2, 0.25) is 0 Å². The molecule has 0 spiro atoms. The lowest BCUT2D eigenvalue weighted by Gasteiger charge is -2.18. The molecule has 0 fully saturated rings. The van der Waals surface area contributed by atoms with E-state index in [9.17, 15) is 24.2 Å². The number of nitrogens with one attached hydrogen (secondary N) is 2. The minimum atomic E-state index is -1.13. The number of carboxylic acids is 1. The van der Waals surface area contributed by atoms with E-state index in [2.05, 4.69) is 10.3 Å². The number of aromatic nitrogens is 1. The van der Waals surface area contributed by atoms with Gasteiger partial charge in [-0.25, -0.2) is 9.18 Å². The number of aliphatic hydroxyl groups excluding tert-OH is 1. The smallest absolute Gasteiger partial charge is 0.337 e. The van der Waals surface area contributed by atoms with E-state index in [1.807, 2.05) is 6.92 Å². The number of fused-ring (bicyclic) bond motifs is 1. The topological polar surface area (TPSA) is 112 Å². The number of H-pyrrole nitrogens is 1. The molecule has 0 aliphatic heterocycles. The molecule has 7 nitrogen and oxygen atoms in total. The van der Waals surface area contributed by atoms with Gasteiger partial charge in [-0.3, -0.25) is 4.79 Å². The molecule has 1 amide bonds. The number of amides is 1. The zero-order valence-electron chi connectivity index (χ0n) is 20.1. The number of aliphatic hydroxyl groups is 1. The molecule has 4 aromatic rings. The lowest BCUT2D eigenvalue weighted by atomic mass is 10.00. The number of benzene rings is 3. The van der Waals surface area contributed by atoms with E-state index in [1.165, 1.54) is 24.3 Å². The van der Waals surface area contributed by atoms with Crippen LogP contribution in [0.5, 0.6) is 5.75 Å². The average Bonchev–Trinajstić information content (AvgIpc) is 3.28. The number of hydrogen-bond donors (Lipinski definition) is 4. The summed E-state index contributed by atoms with van der Waals surface area (Å²) >= 11 is 6.14. The van der Waals surface area contributed by atoms with Crippen molar-refractivity contribution < 1.29 is 28.9 Å². The number of carboxylic acid groups (broad SMARTS) is 1. The third kappa shape index (κ3) is 5.93. The molecule has 0 aliphatic rings. The van der Waals surface area contributed by atoms with E-state index in [-0.39, 0.29) is 35.0 Å². The first-order valence-corrected chi connectivity index (χ1v) is 12.2. The fourth-order valence-electron chi connectivity index (χ4n) is 4.10. The molecule has 192 valence electrons. The van der Waals surface area contributed by atoms with Crippen LogP contribution in [0.15, 0.2) is 60.8 Å². The summed E-state index contributed by atoms with van der Waals surface area (Å²) in [5.74, 6) is -1.58. The van der Waals surface area contributed by atoms with Gasteiger partial charge in [0.25, 0.3) is 5.91 Å². The van der Waals surface area contributed by atoms with Crippen molar-refractivity contribution in [3.05, 3.63) is 88.3 Å². The van der Waals surface area contributed by atoms with Crippen LogP contribution < -0.4 is 10.1 Å². The Morgan fingerprint density at radius 3 is 2.54 bits per heavy atom. The molecule has 1 heterocycles. The highest BCUT2D eigenvalue weighted by atomic mass is 35.5. The largest absolute Gasteiger partial charge is 0.493 e. The van der Waals surface area contributed by atoms with E-state index in [4.69, 9.17) is 16.3 Å². The normalized spacial score (nSPS) is 11.9. The third-order valence-electron chi connectivity index (χ3n) is 5.97. The molecule has 4 rings (SSSR count). The minimum Gasteiger partial charge on any atom is -0.493 e. The van der Waals surface area contributed by atoms with Crippen LogP contribution in [-0.4, -0.2) is 46.3 Å². The Hall–Kier alpha value is -3.88. The van der Waals surface area contributed by atoms with Crippen molar-refractivity contribution >= 4 is 34.4 Å². The average molecular weight is 525 g/mol. The molecule has 37 heavy (non-hydrogen) atoms. The Balaban J connectivity index is 1.62. The lowest BCUT2D eigenvalue weighted by Crippen LogP contribution is -2.39. The molecule has 1 atom stereocenters. The van der Waals surface area contributed by atoms with Crippen molar-refractivity contribution in [3.8, 4) is 16.9 Å². The minimum absolute atomic E-state index is 0.0192. The van der Waals surface area contributed by atoms with Crippen molar-refractivity contribution in [2.45, 2.75) is 25.8 Å². The third-order valence-corrected chi connectivity index (χ3v) is 6.28. The van der Waals surface area contributed by atoms with Crippen LogP contribution in [0.2, 0.25) is 5.02 Å². The van der Waals surface area contributed by atoms with Gasteiger partial charge < -0.3 is 25.3 Å².